The van der Waals surface area contributed by atoms with Crippen molar-refractivity contribution in [2.24, 2.45) is 0 Å². The summed E-state index contributed by atoms with van der Waals surface area (Å²) in [5.74, 6) is -0.369. The molecule has 0 aliphatic heterocycles. The van der Waals surface area contributed by atoms with Crippen LogP contribution >= 0.6 is 22.9 Å². The molecule has 1 N–H and O–H groups in total. The fourth-order valence-corrected chi connectivity index (χ4v) is 2.23. The predicted octanol–water partition coefficient (Wildman–Crippen LogP) is 3.66. The molecule has 0 fully saturated rings. The van der Waals surface area contributed by atoms with Crippen molar-refractivity contribution in [3.8, 4) is 11.3 Å². The second-order valence-electron chi connectivity index (χ2n) is 3.37. The van der Waals surface area contributed by atoms with Gasteiger partial charge in [-0.3, -0.25) is 0 Å². The van der Waals surface area contributed by atoms with Gasteiger partial charge in [-0.25, -0.2) is 9.37 Å². The first kappa shape index (κ1) is 11.5. The van der Waals surface area contributed by atoms with Gasteiger partial charge in [0.15, 0.2) is 0 Å². The van der Waals surface area contributed by atoms with Crippen LogP contribution in [0.4, 0.5) is 4.39 Å². The SMILES string of the molecule is CC(O)c1nc(-c2cc(Cl)ccc2F)cs1. The maximum absolute atomic E-state index is 13.5. The lowest BCUT2D eigenvalue weighted by atomic mass is 10.1. The highest BCUT2D eigenvalue weighted by molar-refractivity contribution is 7.10. The minimum absolute atomic E-state index is 0.357. The van der Waals surface area contributed by atoms with E-state index in [0.29, 0.717) is 21.3 Å². The van der Waals surface area contributed by atoms with E-state index in [9.17, 15) is 9.50 Å². The number of aromatic nitrogens is 1. The Hall–Kier alpha value is -0.970. The van der Waals surface area contributed by atoms with Crippen molar-refractivity contribution in [2.75, 3.05) is 0 Å². The third-order valence-corrected chi connectivity index (χ3v) is 3.33. The Morgan fingerprint density at radius 2 is 2.25 bits per heavy atom. The second-order valence-corrected chi connectivity index (χ2v) is 4.70. The monoisotopic (exact) mass is 257 g/mol. The molecule has 2 aromatic rings. The van der Waals surface area contributed by atoms with E-state index in [1.807, 2.05) is 0 Å². The van der Waals surface area contributed by atoms with E-state index in [2.05, 4.69) is 4.98 Å². The Balaban J connectivity index is 2.46. The average Bonchev–Trinajstić information content (AvgIpc) is 2.70. The van der Waals surface area contributed by atoms with Gasteiger partial charge in [0.2, 0.25) is 0 Å². The van der Waals surface area contributed by atoms with Crippen LogP contribution in [-0.4, -0.2) is 10.1 Å². The number of aliphatic hydroxyl groups is 1. The smallest absolute Gasteiger partial charge is 0.132 e. The van der Waals surface area contributed by atoms with Crippen LogP contribution in [-0.2, 0) is 0 Å². The van der Waals surface area contributed by atoms with E-state index in [0.717, 1.165) is 0 Å². The summed E-state index contributed by atoms with van der Waals surface area (Å²) in [7, 11) is 0. The van der Waals surface area contributed by atoms with Gasteiger partial charge in [0.25, 0.3) is 0 Å². The minimum Gasteiger partial charge on any atom is -0.386 e. The van der Waals surface area contributed by atoms with Crippen molar-refractivity contribution in [3.63, 3.8) is 0 Å². The van der Waals surface area contributed by atoms with Gasteiger partial charge in [-0.05, 0) is 25.1 Å². The largest absolute Gasteiger partial charge is 0.386 e. The summed E-state index contributed by atoms with van der Waals surface area (Å²) >= 11 is 7.09. The summed E-state index contributed by atoms with van der Waals surface area (Å²) < 4.78 is 13.5. The van der Waals surface area contributed by atoms with E-state index in [1.54, 1.807) is 12.3 Å². The molecule has 0 bridgehead atoms. The molecule has 16 heavy (non-hydrogen) atoms. The molecule has 0 radical (unpaired) electrons. The zero-order valence-corrected chi connectivity index (χ0v) is 10.0. The first-order valence-corrected chi connectivity index (χ1v) is 5.92. The van der Waals surface area contributed by atoms with Crippen LogP contribution in [0, 0.1) is 5.82 Å². The molecule has 0 saturated carbocycles. The third kappa shape index (κ3) is 2.24. The maximum Gasteiger partial charge on any atom is 0.132 e. The number of hydrogen-bond acceptors (Lipinski definition) is 3. The Labute approximate surface area is 101 Å². The van der Waals surface area contributed by atoms with Gasteiger partial charge >= 0.3 is 0 Å². The molecule has 1 unspecified atom stereocenters. The molecular formula is C11H9ClFNOS. The maximum atomic E-state index is 13.5. The molecule has 2 rings (SSSR count). The quantitative estimate of drug-likeness (QED) is 0.891. The van der Waals surface area contributed by atoms with Crippen LogP contribution in [0.5, 0.6) is 0 Å². The first-order valence-electron chi connectivity index (χ1n) is 4.67. The number of hydrogen-bond donors (Lipinski definition) is 1. The molecule has 1 aromatic heterocycles. The number of rotatable bonds is 2. The Morgan fingerprint density at radius 3 is 2.88 bits per heavy atom. The van der Waals surface area contributed by atoms with E-state index >= 15 is 0 Å². The normalized spacial score (nSPS) is 12.8. The lowest BCUT2D eigenvalue weighted by Crippen LogP contribution is -1.90. The zero-order valence-electron chi connectivity index (χ0n) is 8.45. The zero-order chi connectivity index (χ0) is 11.7. The lowest BCUT2D eigenvalue weighted by molar-refractivity contribution is 0.199. The summed E-state index contributed by atoms with van der Waals surface area (Å²) in [6, 6.07) is 4.32. The molecule has 1 atom stereocenters. The van der Waals surface area contributed by atoms with Crippen molar-refractivity contribution < 1.29 is 9.50 Å². The Bertz CT molecular complexity index is 512. The Morgan fingerprint density at radius 1 is 1.50 bits per heavy atom. The van der Waals surface area contributed by atoms with Crippen molar-refractivity contribution in [3.05, 3.63) is 39.4 Å². The van der Waals surface area contributed by atoms with Crippen molar-refractivity contribution in [2.45, 2.75) is 13.0 Å². The number of halogens is 2. The van der Waals surface area contributed by atoms with E-state index in [4.69, 9.17) is 11.6 Å². The van der Waals surface area contributed by atoms with Crippen molar-refractivity contribution in [1.29, 1.82) is 0 Å². The number of benzene rings is 1. The fourth-order valence-electron chi connectivity index (χ4n) is 1.30. The van der Waals surface area contributed by atoms with Gasteiger partial charge in [0, 0.05) is 16.0 Å². The van der Waals surface area contributed by atoms with E-state index in [1.165, 1.54) is 29.5 Å². The minimum atomic E-state index is -0.638. The summed E-state index contributed by atoms with van der Waals surface area (Å²) in [5, 5.41) is 12.1. The molecule has 0 spiro atoms. The van der Waals surface area contributed by atoms with Gasteiger partial charge < -0.3 is 5.11 Å². The molecule has 0 amide bonds. The van der Waals surface area contributed by atoms with E-state index in [-0.39, 0.29) is 5.82 Å². The van der Waals surface area contributed by atoms with Crippen LogP contribution in [0.1, 0.15) is 18.0 Å². The molecule has 84 valence electrons. The highest BCUT2D eigenvalue weighted by Gasteiger charge is 2.12. The lowest BCUT2D eigenvalue weighted by Gasteiger charge is -2.00. The van der Waals surface area contributed by atoms with Gasteiger partial charge in [-0.15, -0.1) is 11.3 Å². The van der Waals surface area contributed by atoms with Crippen molar-refractivity contribution >= 4 is 22.9 Å². The summed E-state index contributed by atoms with van der Waals surface area (Å²) in [4.78, 5) is 4.15. The van der Waals surface area contributed by atoms with Gasteiger partial charge in [-0.2, -0.15) is 0 Å². The third-order valence-electron chi connectivity index (χ3n) is 2.08. The predicted molar refractivity (Wildman–Crippen MR) is 63.2 cm³/mol. The van der Waals surface area contributed by atoms with Crippen LogP contribution in [0.25, 0.3) is 11.3 Å². The molecule has 5 heteroatoms. The van der Waals surface area contributed by atoms with Crippen LogP contribution in [0.3, 0.4) is 0 Å². The van der Waals surface area contributed by atoms with Crippen LogP contribution in [0.15, 0.2) is 23.6 Å². The second kappa shape index (κ2) is 4.49. The summed E-state index contributed by atoms with van der Waals surface area (Å²) in [6.45, 7) is 1.62. The highest BCUT2D eigenvalue weighted by Crippen LogP contribution is 2.29. The number of nitrogens with zero attached hydrogens (tertiary/aromatic N) is 1. The molecule has 0 aliphatic rings. The molecule has 1 aromatic carbocycles. The summed E-state index contributed by atoms with van der Waals surface area (Å²) in [5.41, 5.74) is 0.858. The highest BCUT2D eigenvalue weighted by atomic mass is 35.5. The number of aliphatic hydroxyl groups excluding tert-OH is 1. The molecule has 0 aliphatic carbocycles. The number of thiazole rings is 1. The van der Waals surface area contributed by atoms with Crippen molar-refractivity contribution in [1.82, 2.24) is 4.98 Å². The molecule has 1 heterocycles. The topological polar surface area (TPSA) is 33.1 Å². The average molecular weight is 258 g/mol. The molecule has 0 saturated heterocycles. The fraction of sp³-hybridized carbons (Fsp3) is 0.182. The standard InChI is InChI=1S/C11H9ClFNOS/c1-6(15)11-14-10(5-16-11)8-4-7(12)2-3-9(8)13/h2-6,15H,1H3. The molecule has 2 nitrogen and oxygen atoms in total. The molecular weight excluding hydrogens is 249 g/mol. The van der Waals surface area contributed by atoms with E-state index < -0.39 is 6.10 Å². The van der Waals surface area contributed by atoms with Gasteiger partial charge in [0.05, 0.1) is 5.69 Å². The first-order chi connectivity index (χ1) is 7.58. The summed E-state index contributed by atoms with van der Waals surface area (Å²) in [6.07, 6.45) is -0.638. The van der Waals surface area contributed by atoms with Gasteiger partial charge in [0.1, 0.15) is 16.9 Å². The Kier molecular flexibility index (Phi) is 3.23. The van der Waals surface area contributed by atoms with Gasteiger partial charge in [-0.1, -0.05) is 11.6 Å². The van der Waals surface area contributed by atoms with Crippen LogP contribution in [0.2, 0.25) is 5.02 Å². The van der Waals surface area contributed by atoms with Crippen LogP contribution < -0.4 is 0 Å².